The predicted octanol–water partition coefficient (Wildman–Crippen LogP) is 4.14. The fourth-order valence-electron chi connectivity index (χ4n) is 3.38. The van der Waals surface area contributed by atoms with E-state index in [0.29, 0.717) is 30.0 Å². The molecule has 0 radical (unpaired) electrons. The molecule has 0 bridgehead atoms. The van der Waals surface area contributed by atoms with Gasteiger partial charge in [0.2, 0.25) is 5.91 Å². The third-order valence-corrected chi connectivity index (χ3v) is 4.97. The predicted molar refractivity (Wildman–Crippen MR) is 115 cm³/mol. The van der Waals surface area contributed by atoms with E-state index in [0.717, 1.165) is 17.1 Å². The van der Waals surface area contributed by atoms with E-state index in [1.165, 1.54) is 0 Å². The largest absolute Gasteiger partial charge is 0.497 e. The molecular weight excluding hydrogens is 380 g/mol. The molecule has 6 nitrogen and oxygen atoms in total. The Morgan fingerprint density at radius 3 is 2.47 bits per heavy atom. The van der Waals surface area contributed by atoms with Gasteiger partial charge in [-0.1, -0.05) is 24.3 Å². The Morgan fingerprint density at radius 2 is 1.70 bits per heavy atom. The van der Waals surface area contributed by atoms with Crippen LogP contribution in [0.25, 0.3) is 0 Å². The molecule has 1 aliphatic rings. The average Bonchev–Trinajstić information content (AvgIpc) is 2.79. The van der Waals surface area contributed by atoms with Crippen LogP contribution in [-0.4, -0.2) is 25.5 Å². The normalized spacial score (nSPS) is 14.8. The number of hydrogen-bond acceptors (Lipinski definition) is 4. The summed E-state index contributed by atoms with van der Waals surface area (Å²) in [5.74, 6) is 0.873. The number of carbonyl (C=O) groups excluding carboxylic acids is 2. The van der Waals surface area contributed by atoms with Crippen molar-refractivity contribution in [1.82, 2.24) is 0 Å². The summed E-state index contributed by atoms with van der Waals surface area (Å²) >= 11 is 0. The van der Waals surface area contributed by atoms with Gasteiger partial charge in [0.1, 0.15) is 18.1 Å². The minimum atomic E-state index is -0.313. The molecule has 1 atom stereocenters. The van der Waals surface area contributed by atoms with E-state index >= 15 is 0 Å². The number of methoxy groups -OCH3 is 1. The van der Waals surface area contributed by atoms with Crippen molar-refractivity contribution >= 4 is 23.2 Å². The van der Waals surface area contributed by atoms with Gasteiger partial charge in [-0.05, 0) is 60.5 Å². The van der Waals surface area contributed by atoms with E-state index in [2.05, 4.69) is 10.6 Å². The third-order valence-electron chi connectivity index (χ3n) is 4.97. The van der Waals surface area contributed by atoms with Gasteiger partial charge in [-0.2, -0.15) is 0 Å². The minimum Gasteiger partial charge on any atom is -0.497 e. The van der Waals surface area contributed by atoms with Crippen molar-refractivity contribution in [1.29, 1.82) is 0 Å². The summed E-state index contributed by atoms with van der Waals surface area (Å²) < 4.78 is 11.0. The zero-order valence-electron chi connectivity index (χ0n) is 16.6. The number of nitrogens with one attached hydrogen (secondary N) is 2. The van der Waals surface area contributed by atoms with Crippen LogP contribution < -0.4 is 20.1 Å². The van der Waals surface area contributed by atoms with E-state index in [-0.39, 0.29) is 17.7 Å². The maximum atomic E-state index is 12.8. The SMILES string of the molecule is COc1ccc2c(c1)CC(C(=O)Nc1cccc(NC(=O)c3ccccc3)c1)CO2. The highest BCUT2D eigenvalue weighted by Crippen LogP contribution is 2.31. The van der Waals surface area contributed by atoms with Crippen LogP contribution in [0.1, 0.15) is 15.9 Å². The van der Waals surface area contributed by atoms with Crippen molar-refractivity contribution in [2.24, 2.45) is 5.92 Å². The third kappa shape index (κ3) is 4.43. The van der Waals surface area contributed by atoms with Crippen LogP contribution in [0.2, 0.25) is 0 Å². The topological polar surface area (TPSA) is 76.7 Å². The van der Waals surface area contributed by atoms with Gasteiger partial charge < -0.3 is 20.1 Å². The second-order valence-electron chi connectivity index (χ2n) is 7.08. The maximum absolute atomic E-state index is 12.8. The molecule has 2 N–H and O–H groups in total. The summed E-state index contributed by atoms with van der Waals surface area (Å²) in [6.45, 7) is 0.315. The highest BCUT2D eigenvalue weighted by atomic mass is 16.5. The molecule has 1 aliphatic heterocycles. The van der Waals surface area contributed by atoms with Crippen molar-refractivity contribution in [3.05, 3.63) is 83.9 Å². The number of hydrogen-bond donors (Lipinski definition) is 2. The fourth-order valence-corrected chi connectivity index (χ4v) is 3.38. The summed E-state index contributed by atoms with van der Waals surface area (Å²) in [4.78, 5) is 25.1. The standard InChI is InChI=1S/C24H22N2O4/c1-29-21-10-11-22-17(13-21)12-18(15-30-22)24(28)26-20-9-5-8-19(14-20)25-23(27)16-6-3-2-4-7-16/h2-11,13-14,18H,12,15H2,1H3,(H,25,27)(H,26,28). The van der Waals surface area contributed by atoms with Crippen LogP contribution in [0, 0.1) is 5.92 Å². The Hall–Kier alpha value is -3.80. The molecule has 1 heterocycles. The van der Waals surface area contributed by atoms with Crippen LogP contribution in [0.3, 0.4) is 0 Å². The monoisotopic (exact) mass is 402 g/mol. The fraction of sp³-hybridized carbons (Fsp3) is 0.167. The lowest BCUT2D eigenvalue weighted by molar-refractivity contribution is -0.121. The molecule has 0 saturated heterocycles. The highest BCUT2D eigenvalue weighted by molar-refractivity contribution is 6.04. The van der Waals surface area contributed by atoms with Crippen LogP contribution in [-0.2, 0) is 11.2 Å². The lowest BCUT2D eigenvalue weighted by Crippen LogP contribution is -2.32. The van der Waals surface area contributed by atoms with E-state index in [1.54, 1.807) is 43.5 Å². The van der Waals surface area contributed by atoms with Gasteiger partial charge >= 0.3 is 0 Å². The zero-order chi connectivity index (χ0) is 20.9. The van der Waals surface area contributed by atoms with Crippen molar-refractivity contribution in [3.63, 3.8) is 0 Å². The average molecular weight is 402 g/mol. The van der Waals surface area contributed by atoms with E-state index in [4.69, 9.17) is 9.47 Å². The lowest BCUT2D eigenvalue weighted by Gasteiger charge is -2.25. The molecule has 0 saturated carbocycles. The van der Waals surface area contributed by atoms with Gasteiger partial charge in [-0.3, -0.25) is 9.59 Å². The highest BCUT2D eigenvalue weighted by Gasteiger charge is 2.26. The van der Waals surface area contributed by atoms with Gasteiger partial charge in [0.25, 0.3) is 5.91 Å². The molecule has 3 aromatic carbocycles. The number of amides is 2. The van der Waals surface area contributed by atoms with Crippen LogP contribution in [0.15, 0.2) is 72.8 Å². The van der Waals surface area contributed by atoms with Crippen LogP contribution in [0.4, 0.5) is 11.4 Å². The second kappa shape index (κ2) is 8.69. The Balaban J connectivity index is 1.41. The van der Waals surface area contributed by atoms with Crippen molar-refractivity contribution < 1.29 is 19.1 Å². The molecule has 30 heavy (non-hydrogen) atoms. The number of carbonyl (C=O) groups is 2. The molecule has 2 amide bonds. The van der Waals surface area contributed by atoms with Crippen LogP contribution in [0.5, 0.6) is 11.5 Å². The van der Waals surface area contributed by atoms with Crippen LogP contribution >= 0.6 is 0 Å². The second-order valence-corrected chi connectivity index (χ2v) is 7.08. The minimum absolute atomic E-state index is 0.130. The van der Waals surface area contributed by atoms with Gasteiger partial charge in [-0.15, -0.1) is 0 Å². The van der Waals surface area contributed by atoms with Crippen molar-refractivity contribution in [3.8, 4) is 11.5 Å². The molecule has 6 heteroatoms. The summed E-state index contributed by atoms with van der Waals surface area (Å²) in [5, 5.41) is 5.77. The number of ether oxygens (including phenoxy) is 2. The number of benzene rings is 3. The van der Waals surface area contributed by atoms with E-state index in [1.807, 2.05) is 36.4 Å². The molecule has 3 aromatic rings. The zero-order valence-corrected chi connectivity index (χ0v) is 16.6. The molecule has 0 fully saturated rings. The number of fused-ring (bicyclic) bond motifs is 1. The molecule has 0 aliphatic carbocycles. The molecule has 0 aromatic heterocycles. The number of rotatable bonds is 5. The Morgan fingerprint density at radius 1 is 0.933 bits per heavy atom. The first kappa shape index (κ1) is 19.5. The van der Waals surface area contributed by atoms with Gasteiger partial charge in [-0.25, -0.2) is 0 Å². The summed E-state index contributed by atoms with van der Waals surface area (Å²) in [6.07, 6.45) is 0.572. The first-order valence-electron chi connectivity index (χ1n) is 9.69. The Kier molecular flexibility index (Phi) is 5.66. The quantitative estimate of drug-likeness (QED) is 0.673. The Bertz CT molecular complexity index is 1070. The molecular formula is C24H22N2O4. The summed E-state index contributed by atoms with van der Waals surface area (Å²) in [5.41, 5.74) is 2.74. The first-order valence-corrected chi connectivity index (χ1v) is 9.69. The molecule has 0 spiro atoms. The van der Waals surface area contributed by atoms with E-state index in [9.17, 15) is 9.59 Å². The van der Waals surface area contributed by atoms with E-state index < -0.39 is 0 Å². The van der Waals surface area contributed by atoms with Gasteiger partial charge in [0, 0.05) is 16.9 Å². The molecule has 1 unspecified atom stereocenters. The van der Waals surface area contributed by atoms with Crippen molar-refractivity contribution in [2.75, 3.05) is 24.4 Å². The molecule has 152 valence electrons. The molecule has 4 rings (SSSR count). The van der Waals surface area contributed by atoms with Crippen molar-refractivity contribution in [2.45, 2.75) is 6.42 Å². The summed E-state index contributed by atoms with van der Waals surface area (Å²) in [6, 6.07) is 21.7. The van der Waals surface area contributed by atoms with Gasteiger partial charge in [0.05, 0.1) is 13.0 Å². The maximum Gasteiger partial charge on any atom is 0.255 e. The Labute approximate surface area is 174 Å². The smallest absolute Gasteiger partial charge is 0.255 e. The first-order chi connectivity index (χ1) is 14.6. The van der Waals surface area contributed by atoms with Gasteiger partial charge in [0.15, 0.2) is 0 Å². The lowest BCUT2D eigenvalue weighted by atomic mass is 9.95. The number of anilines is 2. The summed E-state index contributed by atoms with van der Waals surface area (Å²) in [7, 11) is 1.61.